The van der Waals surface area contributed by atoms with Gasteiger partial charge in [0.15, 0.2) is 0 Å². The molecule has 1 aliphatic rings. The third kappa shape index (κ3) is 10.3. The Labute approximate surface area is 203 Å². The van der Waals surface area contributed by atoms with Gasteiger partial charge in [0, 0.05) is 29.1 Å². The second-order valence-corrected chi connectivity index (χ2v) is 12.6. The Kier molecular flexibility index (Phi) is 12.3. The van der Waals surface area contributed by atoms with Gasteiger partial charge >= 0.3 is 5.97 Å². The first-order chi connectivity index (χ1) is 15.3. The molecule has 1 saturated carbocycles. The number of Topliss-reactive ketones (excluding diaryl/α,β-unsaturated/α-hetero) is 2. The van der Waals surface area contributed by atoms with Crippen molar-refractivity contribution in [2.75, 3.05) is 0 Å². The summed E-state index contributed by atoms with van der Waals surface area (Å²) in [4.78, 5) is 37.1. The van der Waals surface area contributed by atoms with Crippen LogP contribution in [0.25, 0.3) is 0 Å². The van der Waals surface area contributed by atoms with Crippen LogP contribution in [-0.4, -0.2) is 22.6 Å². The molecule has 0 amide bonds. The van der Waals surface area contributed by atoms with Gasteiger partial charge in [-0.2, -0.15) is 0 Å². The maximum Gasteiger partial charge on any atom is 0.303 e. The summed E-state index contributed by atoms with van der Waals surface area (Å²) in [5.74, 6) is 1.22. The topological polar surface area (TPSA) is 71.4 Å². The van der Waals surface area contributed by atoms with Gasteiger partial charge in [-0.15, -0.1) is 0 Å². The van der Waals surface area contributed by atoms with Gasteiger partial charge in [0.1, 0.15) is 11.6 Å². The van der Waals surface area contributed by atoms with Crippen LogP contribution >= 0.6 is 0 Å². The number of ketones is 2. The molecule has 0 spiro atoms. The van der Waals surface area contributed by atoms with Crippen LogP contribution in [0.5, 0.6) is 0 Å². The summed E-state index contributed by atoms with van der Waals surface area (Å²) in [7, 11) is 0. The predicted octanol–water partition coefficient (Wildman–Crippen LogP) is 7.87. The quantitative estimate of drug-likeness (QED) is 0.250. The number of unbranched alkanes of at least 4 members (excludes halogenated alkanes) is 4. The van der Waals surface area contributed by atoms with Gasteiger partial charge in [-0.3, -0.25) is 14.4 Å². The number of carbonyl (C=O) groups is 3. The maximum absolute atomic E-state index is 13.3. The van der Waals surface area contributed by atoms with Crippen molar-refractivity contribution in [3.05, 3.63) is 0 Å². The molecule has 0 heterocycles. The second kappa shape index (κ2) is 13.6. The molecule has 192 valence electrons. The minimum Gasteiger partial charge on any atom is -0.481 e. The zero-order chi connectivity index (χ0) is 25.2. The number of hydrogen-bond acceptors (Lipinski definition) is 3. The fraction of sp³-hybridized carbons (Fsp3) is 0.897. The molecule has 4 nitrogen and oxygen atoms in total. The first kappa shape index (κ1) is 29.8. The predicted molar refractivity (Wildman–Crippen MR) is 136 cm³/mol. The van der Waals surface area contributed by atoms with Crippen LogP contribution < -0.4 is 0 Å². The molecule has 1 N–H and O–H groups in total. The molecule has 0 aromatic heterocycles. The van der Waals surface area contributed by atoms with Gasteiger partial charge < -0.3 is 5.11 Å². The SMILES string of the molecule is CCCCC(CCC1C(CCCCCCC(=O)O)CCC1C(=O)C(C)(C)C)C(=O)C(C)(C)C. The Morgan fingerprint density at radius 3 is 2.00 bits per heavy atom. The van der Waals surface area contributed by atoms with Crippen molar-refractivity contribution in [1.82, 2.24) is 0 Å². The Morgan fingerprint density at radius 2 is 1.45 bits per heavy atom. The normalized spacial score (nSPS) is 22.3. The Balaban J connectivity index is 2.84. The van der Waals surface area contributed by atoms with E-state index in [2.05, 4.69) is 6.92 Å². The Bertz CT molecular complexity index is 623. The van der Waals surface area contributed by atoms with Crippen LogP contribution in [0.3, 0.4) is 0 Å². The first-order valence-electron chi connectivity index (χ1n) is 13.6. The molecule has 1 fully saturated rings. The largest absolute Gasteiger partial charge is 0.481 e. The molecule has 1 aliphatic carbocycles. The molecular formula is C29H52O4. The van der Waals surface area contributed by atoms with Crippen molar-refractivity contribution in [2.45, 2.75) is 132 Å². The smallest absolute Gasteiger partial charge is 0.303 e. The Morgan fingerprint density at radius 1 is 0.818 bits per heavy atom. The van der Waals surface area contributed by atoms with E-state index in [0.29, 0.717) is 23.4 Å². The summed E-state index contributed by atoms with van der Waals surface area (Å²) >= 11 is 0. The summed E-state index contributed by atoms with van der Waals surface area (Å²) in [6, 6.07) is 0. The van der Waals surface area contributed by atoms with Crippen LogP contribution in [0.4, 0.5) is 0 Å². The van der Waals surface area contributed by atoms with Crippen LogP contribution in [0, 0.1) is 34.5 Å². The summed E-state index contributed by atoms with van der Waals surface area (Å²) in [6.45, 7) is 14.4. The number of rotatable bonds is 15. The lowest BCUT2D eigenvalue weighted by atomic mass is 9.72. The number of hydrogen-bond donors (Lipinski definition) is 1. The molecule has 0 saturated heterocycles. The average molecular weight is 465 g/mol. The molecule has 33 heavy (non-hydrogen) atoms. The van der Waals surface area contributed by atoms with Gasteiger partial charge in [0.2, 0.25) is 0 Å². The molecule has 0 aromatic rings. The van der Waals surface area contributed by atoms with Gasteiger partial charge in [-0.1, -0.05) is 87.0 Å². The van der Waals surface area contributed by atoms with E-state index in [-0.39, 0.29) is 29.1 Å². The lowest BCUT2D eigenvalue weighted by Crippen LogP contribution is -2.33. The van der Waals surface area contributed by atoms with Gasteiger partial charge in [0.05, 0.1) is 0 Å². The third-order valence-corrected chi connectivity index (χ3v) is 7.63. The summed E-state index contributed by atoms with van der Waals surface area (Å²) in [5, 5.41) is 8.82. The number of aliphatic carboxylic acids is 1. The van der Waals surface area contributed by atoms with E-state index in [4.69, 9.17) is 5.11 Å². The first-order valence-corrected chi connectivity index (χ1v) is 13.6. The molecule has 0 bridgehead atoms. The summed E-state index contributed by atoms with van der Waals surface area (Å²) in [5.41, 5.74) is -0.637. The molecule has 4 atom stereocenters. The number of carboxylic acids is 1. The molecule has 4 unspecified atom stereocenters. The fourth-order valence-corrected chi connectivity index (χ4v) is 5.73. The Hall–Kier alpha value is -1.19. The van der Waals surface area contributed by atoms with Crippen LogP contribution in [0.2, 0.25) is 0 Å². The molecule has 0 radical (unpaired) electrons. The van der Waals surface area contributed by atoms with E-state index in [0.717, 1.165) is 77.0 Å². The average Bonchev–Trinajstić information content (AvgIpc) is 3.10. The third-order valence-electron chi connectivity index (χ3n) is 7.63. The molecule has 1 rings (SSSR count). The van der Waals surface area contributed by atoms with E-state index in [1.165, 1.54) is 0 Å². The highest BCUT2D eigenvalue weighted by Gasteiger charge is 2.43. The monoisotopic (exact) mass is 464 g/mol. The zero-order valence-corrected chi connectivity index (χ0v) is 22.7. The lowest BCUT2D eigenvalue weighted by Gasteiger charge is -2.31. The number of carboxylic acid groups (broad SMARTS) is 1. The minimum atomic E-state index is -0.711. The zero-order valence-electron chi connectivity index (χ0n) is 22.7. The van der Waals surface area contributed by atoms with E-state index in [1.807, 2.05) is 41.5 Å². The molecule has 0 aromatic carbocycles. The lowest BCUT2D eigenvalue weighted by molar-refractivity contribution is -0.137. The molecular weight excluding hydrogens is 412 g/mol. The molecule has 4 heteroatoms. The van der Waals surface area contributed by atoms with Crippen LogP contribution in [-0.2, 0) is 14.4 Å². The minimum absolute atomic E-state index is 0.104. The van der Waals surface area contributed by atoms with E-state index < -0.39 is 5.97 Å². The summed E-state index contributed by atoms with van der Waals surface area (Å²) < 4.78 is 0. The fourth-order valence-electron chi connectivity index (χ4n) is 5.73. The standard InChI is InChI=1S/C29H52O4/c1-8-9-14-22(26(32)28(2,3)4)18-19-23-21(15-12-10-11-13-16-25(30)31)17-20-24(23)27(33)29(5,6)7/h21-24H,8-20H2,1-7H3,(H,30,31). The highest BCUT2D eigenvalue weighted by Crippen LogP contribution is 2.46. The van der Waals surface area contributed by atoms with E-state index >= 15 is 0 Å². The van der Waals surface area contributed by atoms with Gasteiger partial charge in [-0.05, 0) is 50.4 Å². The van der Waals surface area contributed by atoms with Crippen molar-refractivity contribution in [2.24, 2.45) is 34.5 Å². The number of carbonyl (C=O) groups excluding carboxylic acids is 2. The van der Waals surface area contributed by atoms with Gasteiger partial charge in [0.25, 0.3) is 0 Å². The highest BCUT2D eigenvalue weighted by atomic mass is 16.4. The highest BCUT2D eigenvalue weighted by molar-refractivity contribution is 5.87. The van der Waals surface area contributed by atoms with Crippen molar-refractivity contribution >= 4 is 17.5 Å². The maximum atomic E-state index is 13.3. The van der Waals surface area contributed by atoms with Crippen molar-refractivity contribution in [3.63, 3.8) is 0 Å². The van der Waals surface area contributed by atoms with E-state index in [9.17, 15) is 14.4 Å². The summed E-state index contributed by atoms with van der Waals surface area (Å²) in [6.07, 6.45) is 12.4. The van der Waals surface area contributed by atoms with Crippen molar-refractivity contribution in [1.29, 1.82) is 0 Å². The van der Waals surface area contributed by atoms with Crippen molar-refractivity contribution < 1.29 is 19.5 Å². The van der Waals surface area contributed by atoms with Crippen LogP contribution in [0.1, 0.15) is 132 Å². The molecule has 0 aliphatic heterocycles. The van der Waals surface area contributed by atoms with E-state index in [1.54, 1.807) is 0 Å². The van der Waals surface area contributed by atoms with Crippen molar-refractivity contribution in [3.8, 4) is 0 Å². The van der Waals surface area contributed by atoms with Crippen LogP contribution in [0.15, 0.2) is 0 Å². The van der Waals surface area contributed by atoms with Gasteiger partial charge in [-0.25, -0.2) is 0 Å². The second-order valence-electron chi connectivity index (χ2n) is 12.6.